The molecule has 2 aromatic carbocycles. The van der Waals surface area contributed by atoms with E-state index in [1.165, 1.54) is 16.9 Å². The van der Waals surface area contributed by atoms with E-state index in [4.69, 9.17) is 0 Å². The summed E-state index contributed by atoms with van der Waals surface area (Å²) in [5, 5.41) is 23.1. The van der Waals surface area contributed by atoms with Crippen LogP contribution in [0.2, 0.25) is 0 Å². The Morgan fingerprint density at radius 2 is 1.86 bits per heavy atom. The molecule has 1 heterocycles. The minimum atomic E-state index is -0.423. The van der Waals surface area contributed by atoms with Crippen molar-refractivity contribution in [3.05, 3.63) is 69.8 Å². The molecule has 1 aromatic heterocycles. The van der Waals surface area contributed by atoms with Crippen LogP contribution in [0.15, 0.2) is 48.5 Å². The molecule has 0 unspecified atom stereocenters. The topological polar surface area (TPSA) is 86.7 Å². The Morgan fingerprint density at radius 1 is 1.14 bits per heavy atom. The standard InChI is InChI=1S/C15H13N5O2/c1-11-4-2-3-5-14(11)15-16-18-19(17-15)10-12-6-8-13(9-7-12)20(21)22/h2-9H,10H2,1H3. The summed E-state index contributed by atoms with van der Waals surface area (Å²) in [5.41, 5.74) is 2.96. The van der Waals surface area contributed by atoms with Gasteiger partial charge in [0.1, 0.15) is 0 Å². The summed E-state index contributed by atoms with van der Waals surface area (Å²) in [5.74, 6) is 0.569. The zero-order valence-corrected chi connectivity index (χ0v) is 11.9. The molecule has 0 bridgehead atoms. The maximum absolute atomic E-state index is 10.6. The molecule has 0 aliphatic rings. The van der Waals surface area contributed by atoms with Gasteiger partial charge in [-0.2, -0.15) is 4.80 Å². The maximum atomic E-state index is 10.6. The molecule has 0 saturated heterocycles. The third kappa shape index (κ3) is 2.83. The van der Waals surface area contributed by atoms with Gasteiger partial charge in [-0.3, -0.25) is 10.1 Å². The Hall–Kier alpha value is -3.09. The largest absolute Gasteiger partial charge is 0.269 e. The number of nitro groups is 1. The predicted octanol–water partition coefficient (Wildman–Crippen LogP) is 2.61. The average molecular weight is 295 g/mol. The first-order valence-corrected chi connectivity index (χ1v) is 6.70. The van der Waals surface area contributed by atoms with E-state index in [-0.39, 0.29) is 5.69 Å². The van der Waals surface area contributed by atoms with E-state index in [1.807, 2.05) is 31.2 Å². The fourth-order valence-electron chi connectivity index (χ4n) is 2.13. The van der Waals surface area contributed by atoms with Crippen molar-refractivity contribution in [1.82, 2.24) is 20.2 Å². The van der Waals surface area contributed by atoms with Crippen molar-refractivity contribution in [2.75, 3.05) is 0 Å². The van der Waals surface area contributed by atoms with E-state index < -0.39 is 4.92 Å². The lowest BCUT2D eigenvalue weighted by Crippen LogP contribution is -2.04. The number of non-ortho nitro benzene ring substituents is 1. The highest BCUT2D eigenvalue weighted by Crippen LogP contribution is 2.18. The van der Waals surface area contributed by atoms with Gasteiger partial charge in [0, 0.05) is 17.7 Å². The zero-order valence-electron chi connectivity index (χ0n) is 11.9. The van der Waals surface area contributed by atoms with E-state index >= 15 is 0 Å². The van der Waals surface area contributed by atoms with Gasteiger partial charge in [0.15, 0.2) is 0 Å². The third-order valence-corrected chi connectivity index (χ3v) is 3.31. The van der Waals surface area contributed by atoms with E-state index in [1.54, 1.807) is 12.1 Å². The first kappa shape index (κ1) is 13.9. The maximum Gasteiger partial charge on any atom is 0.269 e. The third-order valence-electron chi connectivity index (χ3n) is 3.31. The van der Waals surface area contributed by atoms with Crippen LogP contribution in [-0.4, -0.2) is 25.1 Å². The molecule has 0 radical (unpaired) electrons. The lowest BCUT2D eigenvalue weighted by atomic mass is 10.1. The molecule has 0 aliphatic carbocycles. The summed E-state index contributed by atoms with van der Waals surface area (Å²) in [6, 6.07) is 14.1. The van der Waals surface area contributed by atoms with E-state index in [9.17, 15) is 10.1 Å². The van der Waals surface area contributed by atoms with Crippen LogP contribution in [0.4, 0.5) is 5.69 Å². The number of benzene rings is 2. The van der Waals surface area contributed by atoms with E-state index in [0.29, 0.717) is 12.4 Å². The van der Waals surface area contributed by atoms with Crippen molar-refractivity contribution in [2.45, 2.75) is 13.5 Å². The predicted molar refractivity (Wildman–Crippen MR) is 80.2 cm³/mol. The Balaban J connectivity index is 1.80. The van der Waals surface area contributed by atoms with E-state index in [2.05, 4.69) is 15.4 Å². The van der Waals surface area contributed by atoms with Crippen molar-refractivity contribution in [3.63, 3.8) is 0 Å². The minimum Gasteiger partial charge on any atom is -0.258 e. The first-order valence-electron chi connectivity index (χ1n) is 6.70. The van der Waals surface area contributed by atoms with Gasteiger partial charge in [-0.05, 0) is 23.3 Å². The van der Waals surface area contributed by atoms with Crippen LogP contribution in [0.3, 0.4) is 0 Å². The molecule has 0 fully saturated rings. The molecule has 0 atom stereocenters. The second-order valence-corrected chi connectivity index (χ2v) is 4.88. The molecule has 7 heteroatoms. The minimum absolute atomic E-state index is 0.0656. The van der Waals surface area contributed by atoms with Gasteiger partial charge < -0.3 is 0 Å². The number of nitro benzene ring substituents is 1. The molecule has 0 saturated carbocycles. The number of aryl methyl sites for hydroxylation is 1. The Labute approximate surface area is 126 Å². The van der Waals surface area contributed by atoms with Crippen LogP contribution >= 0.6 is 0 Å². The quantitative estimate of drug-likeness (QED) is 0.545. The lowest BCUT2D eigenvalue weighted by Gasteiger charge is -2.00. The molecule has 110 valence electrons. The average Bonchev–Trinajstić information content (AvgIpc) is 2.96. The Kier molecular flexibility index (Phi) is 3.61. The second-order valence-electron chi connectivity index (χ2n) is 4.88. The van der Waals surface area contributed by atoms with Crippen LogP contribution in [-0.2, 0) is 6.54 Å². The Bertz CT molecular complexity index is 811. The molecule has 3 rings (SSSR count). The lowest BCUT2D eigenvalue weighted by molar-refractivity contribution is -0.384. The van der Waals surface area contributed by atoms with Crippen LogP contribution in [0.5, 0.6) is 0 Å². The Morgan fingerprint density at radius 3 is 2.55 bits per heavy atom. The van der Waals surface area contributed by atoms with Gasteiger partial charge in [0.2, 0.25) is 5.82 Å². The van der Waals surface area contributed by atoms with Crippen molar-refractivity contribution >= 4 is 5.69 Å². The number of aromatic nitrogens is 4. The van der Waals surface area contributed by atoms with Gasteiger partial charge in [-0.15, -0.1) is 10.2 Å². The molecule has 0 spiro atoms. The van der Waals surface area contributed by atoms with Gasteiger partial charge in [-0.1, -0.05) is 36.4 Å². The smallest absolute Gasteiger partial charge is 0.258 e. The van der Waals surface area contributed by atoms with Crippen molar-refractivity contribution in [3.8, 4) is 11.4 Å². The molecule has 0 aliphatic heterocycles. The highest BCUT2D eigenvalue weighted by Gasteiger charge is 2.09. The molecule has 0 amide bonds. The molecule has 7 nitrogen and oxygen atoms in total. The van der Waals surface area contributed by atoms with Crippen molar-refractivity contribution < 1.29 is 4.92 Å². The number of hydrogen-bond donors (Lipinski definition) is 0. The van der Waals surface area contributed by atoms with Gasteiger partial charge >= 0.3 is 0 Å². The van der Waals surface area contributed by atoms with Crippen molar-refractivity contribution in [2.24, 2.45) is 0 Å². The summed E-state index contributed by atoms with van der Waals surface area (Å²) < 4.78 is 0. The van der Waals surface area contributed by atoms with Crippen LogP contribution in [0, 0.1) is 17.0 Å². The fourth-order valence-corrected chi connectivity index (χ4v) is 2.13. The monoisotopic (exact) mass is 295 g/mol. The summed E-state index contributed by atoms with van der Waals surface area (Å²) in [4.78, 5) is 11.7. The fraction of sp³-hybridized carbons (Fsp3) is 0.133. The molecule has 0 N–H and O–H groups in total. The van der Waals surface area contributed by atoms with Crippen molar-refractivity contribution in [1.29, 1.82) is 0 Å². The summed E-state index contributed by atoms with van der Waals surface area (Å²) in [7, 11) is 0. The highest BCUT2D eigenvalue weighted by atomic mass is 16.6. The molecule has 3 aromatic rings. The van der Waals surface area contributed by atoms with Gasteiger partial charge in [0.05, 0.1) is 11.5 Å². The zero-order chi connectivity index (χ0) is 15.5. The normalized spacial score (nSPS) is 10.6. The van der Waals surface area contributed by atoms with Crippen LogP contribution in [0.1, 0.15) is 11.1 Å². The van der Waals surface area contributed by atoms with E-state index in [0.717, 1.165) is 16.7 Å². The van der Waals surface area contributed by atoms with Crippen LogP contribution < -0.4 is 0 Å². The molecular weight excluding hydrogens is 282 g/mol. The van der Waals surface area contributed by atoms with Gasteiger partial charge in [0.25, 0.3) is 5.69 Å². The molecule has 22 heavy (non-hydrogen) atoms. The van der Waals surface area contributed by atoms with Crippen LogP contribution in [0.25, 0.3) is 11.4 Å². The number of rotatable bonds is 4. The number of nitrogens with zero attached hydrogens (tertiary/aromatic N) is 5. The van der Waals surface area contributed by atoms with Gasteiger partial charge in [-0.25, -0.2) is 0 Å². The second kappa shape index (κ2) is 5.72. The number of hydrogen-bond acceptors (Lipinski definition) is 5. The first-order chi connectivity index (χ1) is 10.6. The molecular formula is C15H13N5O2. The highest BCUT2D eigenvalue weighted by molar-refractivity contribution is 5.58. The SMILES string of the molecule is Cc1ccccc1-c1nnn(Cc2ccc([N+](=O)[O-])cc2)n1. The summed E-state index contributed by atoms with van der Waals surface area (Å²) >= 11 is 0. The summed E-state index contributed by atoms with van der Waals surface area (Å²) in [6.07, 6.45) is 0. The number of tetrazole rings is 1. The summed E-state index contributed by atoms with van der Waals surface area (Å²) in [6.45, 7) is 2.41.